The van der Waals surface area contributed by atoms with Crippen molar-refractivity contribution in [2.45, 2.75) is 0 Å². The minimum Gasteiger partial charge on any atom is -0.320 e. The molecule has 152 valence electrons. The van der Waals surface area contributed by atoms with Crippen LogP contribution in [0.4, 0.5) is 10.1 Å². The summed E-state index contributed by atoms with van der Waals surface area (Å²) in [7, 11) is 1.70. The molecule has 31 heavy (non-hydrogen) atoms. The second-order valence-corrected chi connectivity index (χ2v) is 7.14. The third kappa shape index (κ3) is 3.57. The lowest BCUT2D eigenvalue weighted by Crippen LogP contribution is -2.16. The zero-order valence-electron chi connectivity index (χ0n) is 16.7. The van der Waals surface area contributed by atoms with E-state index in [4.69, 9.17) is 0 Å². The zero-order chi connectivity index (χ0) is 21.4. The van der Waals surface area contributed by atoms with Crippen molar-refractivity contribution < 1.29 is 9.18 Å². The third-order valence-corrected chi connectivity index (χ3v) is 5.07. The van der Waals surface area contributed by atoms with Crippen LogP contribution in [-0.4, -0.2) is 25.1 Å². The van der Waals surface area contributed by atoms with E-state index >= 15 is 0 Å². The van der Waals surface area contributed by atoms with Crippen LogP contribution in [0, 0.1) is 5.82 Å². The number of para-hydroxylation sites is 1. The van der Waals surface area contributed by atoms with Crippen LogP contribution in [0.25, 0.3) is 28.2 Å². The number of fused-ring (bicyclic) bond motifs is 1. The summed E-state index contributed by atoms with van der Waals surface area (Å²) in [5.74, 6) is -0.610. The molecule has 5 aromatic rings. The molecular weight excluding hydrogens is 393 g/mol. The van der Waals surface area contributed by atoms with Crippen LogP contribution in [0.1, 0.15) is 10.5 Å². The lowest BCUT2D eigenvalue weighted by molar-refractivity contribution is 0.101. The van der Waals surface area contributed by atoms with E-state index < -0.39 is 0 Å². The molecular formula is C24H18FN5O. The summed E-state index contributed by atoms with van der Waals surface area (Å²) in [6.07, 6.45) is 3.86. The molecule has 6 nitrogen and oxygen atoms in total. The molecule has 3 aromatic heterocycles. The maximum Gasteiger partial charge on any atom is 0.273 e. The van der Waals surface area contributed by atoms with Gasteiger partial charge in [0.1, 0.15) is 17.2 Å². The van der Waals surface area contributed by atoms with Crippen molar-refractivity contribution in [3.8, 4) is 22.5 Å². The number of aromatic nitrogens is 4. The number of hydrogen-bond acceptors (Lipinski definition) is 3. The van der Waals surface area contributed by atoms with E-state index in [1.54, 1.807) is 25.2 Å². The van der Waals surface area contributed by atoms with Gasteiger partial charge in [-0.2, -0.15) is 5.10 Å². The Kier molecular flexibility index (Phi) is 4.55. The number of amides is 1. The number of pyridine rings is 1. The summed E-state index contributed by atoms with van der Waals surface area (Å²) in [6, 6.07) is 21.0. The summed E-state index contributed by atoms with van der Waals surface area (Å²) in [6.45, 7) is 0. The van der Waals surface area contributed by atoms with E-state index in [1.165, 1.54) is 16.8 Å². The topological polar surface area (TPSA) is 64.2 Å². The smallest absolute Gasteiger partial charge is 0.273 e. The molecule has 0 aliphatic heterocycles. The van der Waals surface area contributed by atoms with Crippen molar-refractivity contribution in [2.24, 2.45) is 7.05 Å². The molecule has 0 fully saturated rings. The first-order valence-electron chi connectivity index (χ1n) is 9.73. The highest BCUT2D eigenvalue weighted by Crippen LogP contribution is 2.28. The number of carbonyl (C=O) groups is 1. The number of imidazole rings is 1. The number of carbonyl (C=O) groups excluding carboxylic acids is 1. The third-order valence-electron chi connectivity index (χ3n) is 5.07. The van der Waals surface area contributed by atoms with E-state index in [0.29, 0.717) is 17.1 Å². The number of nitrogens with zero attached hydrogens (tertiary/aromatic N) is 4. The molecule has 0 saturated heterocycles. The van der Waals surface area contributed by atoms with Gasteiger partial charge in [-0.05, 0) is 48.5 Å². The van der Waals surface area contributed by atoms with Gasteiger partial charge in [-0.25, -0.2) is 9.37 Å². The number of hydrogen-bond donors (Lipinski definition) is 1. The van der Waals surface area contributed by atoms with Gasteiger partial charge in [0.15, 0.2) is 0 Å². The molecule has 0 unspecified atom stereocenters. The molecule has 0 bridgehead atoms. The highest BCUT2D eigenvalue weighted by molar-refractivity contribution is 6.05. The monoisotopic (exact) mass is 411 g/mol. The Morgan fingerprint density at radius 1 is 0.968 bits per heavy atom. The molecule has 7 heteroatoms. The second kappa shape index (κ2) is 7.53. The number of benzene rings is 2. The quantitative estimate of drug-likeness (QED) is 0.462. The first-order valence-corrected chi connectivity index (χ1v) is 9.73. The normalized spacial score (nSPS) is 11.0. The van der Waals surface area contributed by atoms with E-state index in [2.05, 4.69) is 15.4 Å². The van der Waals surface area contributed by atoms with Gasteiger partial charge in [-0.15, -0.1) is 0 Å². The number of aryl methyl sites for hydroxylation is 1. The van der Waals surface area contributed by atoms with Crippen LogP contribution < -0.4 is 5.32 Å². The molecule has 0 aliphatic carbocycles. The predicted molar refractivity (Wildman–Crippen MR) is 117 cm³/mol. The second-order valence-electron chi connectivity index (χ2n) is 7.14. The largest absolute Gasteiger partial charge is 0.320 e. The SMILES string of the molecule is Cn1nc(-c2ccc(F)cc2)cc1C(=O)Nc1ccccc1-c1cn2ccccc2n1. The molecule has 0 saturated carbocycles. The van der Waals surface area contributed by atoms with Gasteiger partial charge in [-0.3, -0.25) is 9.48 Å². The Labute approximate surface area is 177 Å². The van der Waals surface area contributed by atoms with Gasteiger partial charge in [0, 0.05) is 30.6 Å². The first-order chi connectivity index (χ1) is 15.1. The van der Waals surface area contributed by atoms with Crippen molar-refractivity contribution >= 4 is 17.2 Å². The van der Waals surface area contributed by atoms with Gasteiger partial charge in [0.05, 0.1) is 17.1 Å². The number of anilines is 1. The van der Waals surface area contributed by atoms with Crippen molar-refractivity contribution in [1.29, 1.82) is 0 Å². The van der Waals surface area contributed by atoms with Gasteiger partial charge >= 0.3 is 0 Å². The molecule has 0 radical (unpaired) electrons. The van der Waals surface area contributed by atoms with E-state index in [9.17, 15) is 9.18 Å². The molecule has 5 rings (SSSR count). The van der Waals surface area contributed by atoms with Crippen molar-refractivity contribution in [2.75, 3.05) is 5.32 Å². The van der Waals surface area contributed by atoms with Crippen LogP contribution in [0.3, 0.4) is 0 Å². The average molecular weight is 411 g/mol. The molecule has 0 spiro atoms. The fraction of sp³-hybridized carbons (Fsp3) is 0.0417. The molecule has 1 amide bonds. The molecule has 3 heterocycles. The molecule has 2 aromatic carbocycles. The number of rotatable bonds is 4. The van der Waals surface area contributed by atoms with Crippen LogP contribution in [0.2, 0.25) is 0 Å². The Bertz CT molecular complexity index is 1370. The number of nitrogens with one attached hydrogen (secondary N) is 1. The summed E-state index contributed by atoms with van der Waals surface area (Å²) >= 11 is 0. The van der Waals surface area contributed by atoms with Gasteiger partial charge in [0.2, 0.25) is 0 Å². The highest BCUT2D eigenvalue weighted by Gasteiger charge is 2.17. The van der Waals surface area contributed by atoms with E-state index in [1.807, 2.05) is 59.3 Å². The maximum atomic E-state index is 13.2. The number of halogens is 1. The van der Waals surface area contributed by atoms with Crippen molar-refractivity contribution in [3.05, 3.63) is 96.7 Å². The lowest BCUT2D eigenvalue weighted by Gasteiger charge is -2.09. The minimum atomic E-state index is -0.318. The maximum absolute atomic E-state index is 13.2. The van der Waals surface area contributed by atoms with Gasteiger partial charge in [-0.1, -0.05) is 24.3 Å². The predicted octanol–water partition coefficient (Wildman–Crippen LogP) is 4.79. The van der Waals surface area contributed by atoms with Crippen molar-refractivity contribution in [3.63, 3.8) is 0 Å². The fourth-order valence-corrected chi connectivity index (χ4v) is 3.51. The molecule has 1 N–H and O–H groups in total. The lowest BCUT2D eigenvalue weighted by atomic mass is 10.1. The molecule has 0 atom stereocenters. The Balaban J connectivity index is 1.46. The average Bonchev–Trinajstić information content (AvgIpc) is 3.38. The summed E-state index contributed by atoms with van der Waals surface area (Å²) in [5.41, 5.74) is 4.79. The van der Waals surface area contributed by atoms with Crippen molar-refractivity contribution in [1.82, 2.24) is 19.2 Å². The van der Waals surface area contributed by atoms with Crippen LogP contribution in [0.15, 0.2) is 85.2 Å². The van der Waals surface area contributed by atoms with E-state index in [0.717, 1.165) is 22.5 Å². The Morgan fingerprint density at radius 3 is 2.55 bits per heavy atom. The van der Waals surface area contributed by atoms with Crippen LogP contribution >= 0.6 is 0 Å². The van der Waals surface area contributed by atoms with E-state index in [-0.39, 0.29) is 11.7 Å². The summed E-state index contributed by atoms with van der Waals surface area (Å²) in [4.78, 5) is 17.7. The highest BCUT2D eigenvalue weighted by atomic mass is 19.1. The van der Waals surface area contributed by atoms with Gasteiger partial charge in [0.25, 0.3) is 5.91 Å². The standard InChI is InChI=1S/C24H18FN5O/c1-29-22(14-20(28-29)16-9-11-17(25)12-10-16)24(31)27-19-7-3-2-6-18(19)21-15-30-13-5-4-8-23(30)26-21/h2-15H,1H3,(H,27,31). The summed E-state index contributed by atoms with van der Waals surface area (Å²) in [5, 5.41) is 7.38. The first kappa shape index (κ1) is 18.7. The van der Waals surface area contributed by atoms with Crippen LogP contribution in [-0.2, 0) is 7.05 Å². The molecule has 0 aliphatic rings. The zero-order valence-corrected chi connectivity index (χ0v) is 16.7. The Hall–Kier alpha value is -4.26. The van der Waals surface area contributed by atoms with Crippen LogP contribution in [0.5, 0.6) is 0 Å². The minimum absolute atomic E-state index is 0.292. The van der Waals surface area contributed by atoms with Gasteiger partial charge < -0.3 is 9.72 Å². The summed E-state index contributed by atoms with van der Waals surface area (Å²) < 4.78 is 16.7. The fourth-order valence-electron chi connectivity index (χ4n) is 3.51. The Morgan fingerprint density at radius 2 is 1.74 bits per heavy atom.